The summed E-state index contributed by atoms with van der Waals surface area (Å²) in [5.74, 6) is -0.367. The number of aliphatic carboxylic acids is 1. The Hall–Kier alpha value is -1.06. The van der Waals surface area contributed by atoms with Crippen molar-refractivity contribution in [2.45, 2.75) is 51.5 Å². The molecular formula is C11H19NO3. The number of nitrogens with one attached hydrogen (secondary N) is 1. The molecule has 15 heavy (non-hydrogen) atoms. The van der Waals surface area contributed by atoms with E-state index < -0.39 is 5.97 Å². The Morgan fingerprint density at radius 3 is 2.47 bits per heavy atom. The minimum absolute atomic E-state index is 0.0566. The molecule has 4 heteroatoms. The van der Waals surface area contributed by atoms with Gasteiger partial charge in [-0.25, -0.2) is 0 Å². The molecule has 1 atom stereocenters. The van der Waals surface area contributed by atoms with Crippen molar-refractivity contribution in [3.8, 4) is 0 Å². The number of hydrogen-bond donors (Lipinski definition) is 2. The van der Waals surface area contributed by atoms with Gasteiger partial charge in [0.05, 0.1) is 0 Å². The summed E-state index contributed by atoms with van der Waals surface area (Å²) in [5.41, 5.74) is 0. The Balaban J connectivity index is 2.43. The lowest BCUT2D eigenvalue weighted by molar-refractivity contribution is -0.137. The lowest BCUT2D eigenvalue weighted by Gasteiger charge is -2.23. The van der Waals surface area contributed by atoms with Crippen LogP contribution in [0.4, 0.5) is 0 Å². The van der Waals surface area contributed by atoms with Gasteiger partial charge in [0.15, 0.2) is 0 Å². The molecule has 0 radical (unpaired) electrons. The molecule has 1 amide bonds. The summed E-state index contributed by atoms with van der Waals surface area (Å²) in [4.78, 5) is 21.5. The van der Waals surface area contributed by atoms with Crippen LogP contribution in [-0.2, 0) is 9.59 Å². The summed E-state index contributed by atoms with van der Waals surface area (Å²) >= 11 is 0. The first-order chi connectivity index (χ1) is 7.09. The van der Waals surface area contributed by atoms with Gasteiger partial charge in [-0.05, 0) is 25.2 Å². The van der Waals surface area contributed by atoms with E-state index in [-0.39, 0.29) is 18.4 Å². The molecule has 1 aliphatic rings. The highest BCUT2D eigenvalue weighted by Gasteiger charge is 2.25. The van der Waals surface area contributed by atoms with Crippen molar-refractivity contribution in [2.75, 3.05) is 0 Å². The summed E-state index contributed by atoms with van der Waals surface area (Å²) in [6.07, 6.45) is 5.33. The molecule has 0 saturated heterocycles. The topological polar surface area (TPSA) is 66.4 Å². The van der Waals surface area contributed by atoms with E-state index in [2.05, 4.69) is 5.32 Å². The lowest BCUT2D eigenvalue weighted by atomic mass is 9.94. The lowest BCUT2D eigenvalue weighted by Crippen LogP contribution is -2.38. The summed E-state index contributed by atoms with van der Waals surface area (Å²) in [6, 6.07) is 0.0566. The number of carboxylic acids is 1. The molecule has 1 aliphatic carbocycles. The molecule has 4 nitrogen and oxygen atoms in total. The molecular weight excluding hydrogens is 194 g/mol. The van der Waals surface area contributed by atoms with Crippen LogP contribution in [0.15, 0.2) is 0 Å². The smallest absolute Gasteiger partial charge is 0.303 e. The van der Waals surface area contributed by atoms with Crippen molar-refractivity contribution in [3.63, 3.8) is 0 Å². The number of carbonyl (C=O) groups excluding carboxylic acids is 1. The number of rotatable bonds is 5. The number of carboxylic acid groups (broad SMARTS) is 1. The molecule has 1 unspecified atom stereocenters. The fourth-order valence-electron chi connectivity index (χ4n) is 2.33. The Morgan fingerprint density at radius 2 is 2.00 bits per heavy atom. The molecule has 0 aliphatic heterocycles. The monoisotopic (exact) mass is 213 g/mol. The fraction of sp³-hybridized carbons (Fsp3) is 0.818. The second-order valence-electron chi connectivity index (χ2n) is 4.28. The van der Waals surface area contributed by atoms with Crippen LogP contribution in [0.5, 0.6) is 0 Å². The highest BCUT2D eigenvalue weighted by molar-refractivity contribution is 5.73. The van der Waals surface area contributed by atoms with Gasteiger partial charge in [-0.2, -0.15) is 0 Å². The predicted octanol–water partition coefficient (Wildman–Crippen LogP) is 1.55. The van der Waals surface area contributed by atoms with Crippen LogP contribution in [0, 0.1) is 5.92 Å². The van der Waals surface area contributed by atoms with Gasteiger partial charge in [0.2, 0.25) is 5.91 Å². The Labute approximate surface area is 90.0 Å². The van der Waals surface area contributed by atoms with Crippen molar-refractivity contribution in [1.82, 2.24) is 5.32 Å². The minimum atomic E-state index is -0.789. The average Bonchev–Trinajstić information content (AvgIpc) is 2.63. The Bertz CT molecular complexity index is 234. The summed E-state index contributed by atoms with van der Waals surface area (Å²) in [6.45, 7) is 1.49. The Kier molecular flexibility index (Phi) is 4.59. The van der Waals surface area contributed by atoms with Crippen LogP contribution in [0.1, 0.15) is 45.4 Å². The van der Waals surface area contributed by atoms with E-state index in [0.717, 1.165) is 12.8 Å². The standard InChI is InChI=1S/C11H19NO3/c1-8(13)12-10(6-7-11(14)15)9-4-2-3-5-9/h9-10H,2-7H2,1H3,(H,12,13)(H,14,15). The molecule has 0 bridgehead atoms. The molecule has 0 aromatic carbocycles. The minimum Gasteiger partial charge on any atom is -0.481 e. The van der Waals surface area contributed by atoms with Gasteiger partial charge in [0.25, 0.3) is 0 Å². The van der Waals surface area contributed by atoms with Gasteiger partial charge in [0, 0.05) is 19.4 Å². The zero-order valence-corrected chi connectivity index (χ0v) is 9.16. The quantitative estimate of drug-likeness (QED) is 0.728. The second-order valence-corrected chi connectivity index (χ2v) is 4.28. The number of hydrogen-bond acceptors (Lipinski definition) is 2. The van der Waals surface area contributed by atoms with Gasteiger partial charge in [0.1, 0.15) is 0 Å². The van der Waals surface area contributed by atoms with Crippen molar-refractivity contribution < 1.29 is 14.7 Å². The SMILES string of the molecule is CC(=O)NC(CCC(=O)O)C1CCCC1. The van der Waals surface area contributed by atoms with E-state index >= 15 is 0 Å². The first-order valence-electron chi connectivity index (χ1n) is 5.58. The molecule has 1 fully saturated rings. The van der Waals surface area contributed by atoms with Crippen LogP contribution in [0.25, 0.3) is 0 Å². The maximum atomic E-state index is 11.0. The molecule has 2 N–H and O–H groups in total. The van der Waals surface area contributed by atoms with Gasteiger partial charge in [-0.1, -0.05) is 12.8 Å². The van der Waals surface area contributed by atoms with Crippen LogP contribution >= 0.6 is 0 Å². The van der Waals surface area contributed by atoms with Crippen molar-refractivity contribution in [2.24, 2.45) is 5.92 Å². The van der Waals surface area contributed by atoms with Crippen LogP contribution in [0.3, 0.4) is 0 Å². The largest absolute Gasteiger partial charge is 0.481 e. The molecule has 0 heterocycles. The van der Waals surface area contributed by atoms with E-state index in [4.69, 9.17) is 5.11 Å². The van der Waals surface area contributed by atoms with Crippen LogP contribution in [-0.4, -0.2) is 23.0 Å². The van der Waals surface area contributed by atoms with Gasteiger partial charge in [-0.15, -0.1) is 0 Å². The molecule has 1 rings (SSSR count). The average molecular weight is 213 g/mol. The summed E-state index contributed by atoms with van der Waals surface area (Å²) in [5, 5.41) is 11.5. The summed E-state index contributed by atoms with van der Waals surface area (Å²) in [7, 11) is 0. The maximum Gasteiger partial charge on any atom is 0.303 e. The predicted molar refractivity (Wildman–Crippen MR) is 56.4 cm³/mol. The van der Waals surface area contributed by atoms with E-state index in [1.807, 2.05) is 0 Å². The van der Waals surface area contributed by atoms with E-state index in [9.17, 15) is 9.59 Å². The second kappa shape index (κ2) is 5.73. The molecule has 0 aromatic rings. The number of amides is 1. The third-order valence-electron chi connectivity index (χ3n) is 3.03. The fourth-order valence-corrected chi connectivity index (χ4v) is 2.33. The zero-order valence-electron chi connectivity index (χ0n) is 9.16. The van der Waals surface area contributed by atoms with Crippen LogP contribution < -0.4 is 5.32 Å². The third-order valence-corrected chi connectivity index (χ3v) is 3.03. The normalized spacial score (nSPS) is 18.7. The first kappa shape index (κ1) is 12.0. The highest BCUT2D eigenvalue weighted by atomic mass is 16.4. The third kappa shape index (κ3) is 4.32. The first-order valence-corrected chi connectivity index (χ1v) is 5.58. The molecule has 86 valence electrons. The van der Waals surface area contributed by atoms with E-state index in [1.165, 1.54) is 19.8 Å². The van der Waals surface area contributed by atoms with E-state index in [0.29, 0.717) is 12.3 Å². The molecule has 1 saturated carbocycles. The van der Waals surface area contributed by atoms with Crippen molar-refractivity contribution in [3.05, 3.63) is 0 Å². The highest BCUT2D eigenvalue weighted by Crippen LogP contribution is 2.29. The van der Waals surface area contributed by atoms with Gasteiger partial charge >= 0.3 is 5.97 Å². The van der Waals surface area contributed by atoms with Gasteiger partial charge in [-0.3, -0.25) is 9.59 Å². The molecule has 0 aromatic heterocycles. The molecule has 0 spiro atoms. The Morgan fingerprint density at radius 1 is 1.40 bits per heavy atom. The number of carbonyl (C=O) groups is 2. The van der Waals surface area contributed by atoms with E-state index in [1.54, 1.807) is 0 Å². The van der Waals surface area contributed by atoms with Crippen molar-refractivity contribution in [1.29, 1.82) is 0 Å². The maximum absolute atomic E-state index is 11.0. The van der Waals surface area contributed by atoms with Gasteiger partial charge < -0.3 is 10.4 Å². The van der Waals surface area contributed by atoms with Crippen molar-refractivity contribution >= 4 is 11.9 Å². The summed E-state index contributed by atoms with van der Waals surface area (Å²) < 4.78 is 0. The van der Waals surface area contributed by atoms with Crippen LogP contribution in [0.2, 0.25) is 0 Å². The zero-order chi connectivity index (χ0) is 11.3.